The van der Waals surface area contributed by atoms with Gasteiger partial charge in [-0.3, -0.25) is 19.2 Å². The monoisotopic (exact) mass is 737 g/mol. The normalized spacial score (nSPS) is 15.9. The number of esters is 1. The van der Waals surface area contributed by atoms with Gasteiger partial charge < -0.3 is 41.2 Å². The van der Waals surface area contributed by atoms with Crippen LogP contribution in [0.5, 0.6) is 0 Å². The summed E-state index contributed by atoms with van der Waals surface area (Å²) in [5, 5.41) is 8.97. The number of hydrogen-bond acceptors (Lipinski definition) is 7. The van der Waals surface area contributed by atoms with Crippen molar-refractivity contribution in [3.05, 3.63) is 71.9 Å². The van der Waals surface area contributed by atoms with Crippen molar-refractivity contribution in [3.63, 3.8) is 0 Å². The molecule has 15 heteroatoms. The molecule has 0 aliphatic carbocycles. The van der Waals surface area contributed by atoms with E-state index in [1.54, 1.807) is 13.1 Å². The van der Waals surface area contributed by atoms with Gasteiger partial charge in [-0.05, 0) is 56.2 Å². The Labute approximate surface area is 308 Å². The highest BCUT2D eigenvalue weighted by atomic mass is 35.5. The number of ether oxygens (including phenoxy) is 1. The smallest absolute Gasteiger partial charge is 0.328 e. The summed E-state index contributed by atoms with van der Waals surface area (Å²) < 4.78 is 5.21. The number of primary amides is 1. The Bertz CT molecular complexity index is 1700. The molecule has 2 heterocycles. The largest absolute Gasteiger partial charge is 0.464 e. The van der Waals surface area contributed by atoms with E-state index in [9.17, 15) is 28.8 Å². The molecule has 6 N–H and O–H groups in total. The molecule has 0 spiro atoms. The van der Waals surface area contributed by atoms with E-state index in [-0.39, 0.29) is 44.8 Å². The van der Waals surface area contributed by atoms with Crippen molar-refractivity contribution < 1.29 is 33.5 Å². The molecule has 1 unspecified atom stereocenters. The van der Waals surface area contributed by atoms with Crippen molar-refractivity contribution in [1.29, 1.82) is 0 Å². The first-order valence-corrected chi connectivity index (χ1v) is 18.1. The zero-order valence-electron chi connectivity index (χ0n) is 29.6. The summed E-state index contributed by atoms with van der Waals surface area (Å²) in [6.45, 7) is 2.20. The van der Waals surface area contributed by atoms with Gasteiger partial charge in [-0.25, -0.2) is 9.59 Å². The first-order valence-electron chi connectivity index (χ1n) is 17.6. The molecule has 1 saturated heterocycles. The number of alkyl halides is 1. The molecule has 2 aromatic carbocycles. The molecule has 0 bridgehead atoms. The number of piperidine rings is 1. The summed E-state index contributed by atoms with van der Waals surface area (Å²) in [6.07, 6.45) is 4.20. The van der Waals surface area contributed by atoms with Crippen molar-refractivity contribution in [2.45, 2.75) is 76.0 Å². The Balaban J connectivity index is 1.60. The number of likely N-dealkylation sites (tertiary alicyclic amines) is 1. The number of nitrogens with zero attached hydrogens (tertiary/aromatic N) is 2. The molecule has 52 heavy (non-hydrogen) atoms. The Morgan fingerprint density at radius 3 is 2.44 bits per heavy atom. The molecule has 1 aliphatic rings. The lowest BCUT2D eigenvalue weighted by molar-refractivity contribution is -0.150. The number of amides is 6. The molecule has 3 aromatic rings. The van der Waals surface area contributed by atoms with E-state index in [2.05, 4.69) is 20.9 Å². The average Bonchev–Trinajstić information content (AvgIpc) is 3.56. The van der Waals surface area contributed by atoms with Crippen LogP contribution >= 0.6 is 11.6 Å². The van der Waals surface area contributed by atoms with E-state index in [0.29, 0.717) is 25.7 Å². The van der Waals surface area contributed by atoms with Gasteiger partial charge in [-0.2, -0.15) is 0 Å². The van der Waals surface area contributed by atoms with Gasteiger partial charge >= 0.3 is 12.0 Å². The van der Waals surface area contributed by atoms with Crippen molar-refractivity contribution in [3.8, 4) is 0 Å². The summed E-state index contributed by atoms with van der Waals surface area (Å²) in [5.74, 6) is -2.94. The number of rotatable bonds is 17. The first kappa shape index (κ1) is 39.7. The average molecular weight is 738 g/mol. The highest BCUT2D eigenvalue weighted by Gasteiger charge is 2.39. The van der Waals surface area contributed by atoms with Gasteiger partial charge in [0, 0.05) is 50.1 Å². The van der Waals surface area contributed by atoms with Gasteiger partial charge in [0.25, 0.3) is 0 Å². The first-order chi connectivity index (χ1) is 25.0. The fraction of sp³-hybridized carbons (Fsp3) is 0.459. The molecule has 0 saturated carbocycles. The minimum absolute atomic E-state index is 0.0740. The lowest BCUT2D eigenvalue weighted by atomic mass is 9.96. The van der Waals surface area contributed by atoms with Crippen molar-refractivity contribution >= 4 is 58.1 Å². The van der Waals surface area contributed by atoms with Crippen LogP contribution in [0.25, 0.3) is 10.9 Å². The lowest BCUT2D eigenvalue weighted by Gasteiger charge is -2.39. The number of aromatic amines is 1. The Kier molecular flexibility index (Phi) is 14.9. The van der Waals surface area contributed by atoms with Gasteiger partial charge in [0.15, 0.2) is 0 Å². The Morgan fingerprint density at radius 2 is 1.73 bits per heavy atom. The zero-order valence-corrected chi connectivity index (χ0v) is 30.3. The summed E-state index contributed by atoms with van der Waals surface area (Å²) in [5.41, 5.74) is 7.60. The second-order valence-corrected chi connectivity index (χ2v) is 13.0. The number of para-hydroxylation sites is 1. The molecule has 6 amide bonds. The predicted octanol–water partition coefficient (Wildman–Crippen LogP) is 2.38. The topological polar surface area (TPSA) is 196 Å². The second kappa shape index (κ2) is 19.5. The number of nitrogens with one attached hydrogen (secondary N) is 4. The number of likely N-dealkylation sites (N-methyl/N-ethyl adjacent to an activating group) is 1. The zero-order chi connectivity index (χ0) is 37.6. The van der Waals surface area contributed by atoms with Gasteiger partial charge in [0.1, 0.15) is 30.0 Å². The van der Waals surface area contributed by atoms with Crippen LogP contribution in [0, 0.1) is 0 Å². The number of carbonyl (C=O) groups is 6. The minimum atomic E-state index is -1.15. The maximum atomic E-state index is 14.3. The van der Waals surface area contributed by atoms with Gasteiger partial charge in [0.2, 0.25) is 23.6 Å². The lowest BCUT2D eigenvalue weighted by Crippen LogP contribution is -2.61. The van der Waals surface area contributed by atoms with Crippen LogP contribution in [0.4, 0.5) is 4.79 Å². The maximum absolute atomic E-state index is 14.3. The van der Waals surface area contributed by atoms with Crippen molar-refractivity contribution in [2.75, 3.05) is 32.6 Å². The fourth-order valence-electron chi connectivity index (χ4n) is 6.43. The summed E-state index contributed by atoms with van der Waals surface area (Å²) in [6, 6.07) is 12.1. The van der Waals surface area contributed by atoms with E-state index in [0.717, 1.165) is 22.0 Å². The van der Waals surface area contributed by atoms with E-state index in [4.69, 9.17) is 22.1 Å². The number of hydrogen-bond donors (Lipinski definition) is 5. The quantitative estimate of drug-likeness (QED) is 0.0797. The van der Waals surface area contributed by atoms with Crippen molar-refractivity contribution in [1.82, 2.24) is 30.7 Å². The maximum Gasteiger partial charge on any atom is 0.328 e. The highest BCUT2D eigenvalue weighted by Crippen LogP contribution is 2.23. The van der Waals surface area contributed by atoms with Gasteiger partial charge in [-0.1, -0.05) is 48.5 Å². The molecule has 14 nitrogen and oxygen atoms in total. The van der Waals surface area contributed by atoms with Gasteiger partial charge in [0.05, 0.1) is 6.61 Å². The van der Waals surface area contributed by atoms with Crippen molar-refractivity contribution in [2.24, 2.45) is 5.73 Å². The number of fused-ring (bicyclic) bond motifs is 1. The number of nitrogens with two attached hydrogens (primary N) is 1. The summed E-state index contributed by atoms with van der Waals surface area (Å²) >= 11 is 5.90. The number of benzene rings is 2. The van der Waals surface area contributed by atoms with Crippen LogP contribution in [-0.2, 0) is 41.6 Å². The number of H-pyrrole nitrogens is 1. The third-order valence-corrected chi connectivity index (χ3v) is 9.44. The predicted molar refractivity (Wildman–Crippen MR) is 196 cm³/mol. The second-order valence-electron chi connectivity index (χ2n) is 12.8. The van der Waals surface area contributed by atoms with Crippen LogP contribution in [-0.4, -0.2) is 107 Å². The number of urea groups is 1. The Hall–Kier alpha value is -5.11. The minimum Gasteiger partial charge on any atom is -0.464 e. The summed E-state index contributed by atoms with van der Waals surface area (Å²) in [4.78, 5) is 85.4. The molecular weight excluding hydrogens is 690 g/mol. The molecule has 4 atom stereocenters. The molecule has 280 valence electrons. The molecular formula is C37H48ClN7O7. The molecule has 1 aromatic heterocycles. The van der Waals surface area contributed by atoms with E-state index >= 15 is 0 Å². The molecule has 1 aliphatic heterocycles. The van der Waals surface area contributed by atoms with Crippen LogP contribution in [0.1, 0.15) is 50.2 Å². The Morgan fingerprint density at radius 1 is 1.00 bits per heavy atom. The van der Waals surface area contributed by atoms with E-state index in [1.165, 1.54) is 16.8 Å². The van der Waals surface area contributed by atoms with E-state index in [1.807, 2.05) is 54.6 Å². The number of carbonyl (C=O) groups excluding carboxylic acids is 6. The summed E-state index contributed by atoms with van der Waals surface area (Å²) in [7, 11) is 1.53. The van der Waals surface area contributed by atoms with E-state index < -0.39 is 59.8 Å². The number of halogens is 1. The van der Waals surface area contributed by atoms with Gasteiger partial charge in [-0.15, -0.1) is 11.6 Å². The standard InChI is InChI=1S/C37H48ClN7O7/c1-3-52-36(50)28(16-11-18-40-37(39)51)42-33(47)29(21-25-23-41-27-15-8-7-14-26(25)27)43-34(48)30-17-9-10-19-45(30)35(49)31(44(2)32(46)22-38)20-24-12-5-4-6-13-24/h4-8,12-15,23,28-31,41H,3,9-11,16-22H2,1-2H3,(H,42,47)(H,43,48)(H3,39,40,51)/t28-,29-,30?,31-/m0/s1. The van der Waals surface area contributed by atoms with Crippen LogP contribution in [0.2, 0.25) is 0 Å². The van der Waals surface area contributed by atoms with Crippen LogP contribution in [0.15, 0.2) is 60.8 Å². The van der Waals surface area contributed by atoms with Crippen LogP contribution < -0.4 is 21.7 Å². The SMILES string of the molecule is CCOC(=O)[C@H](CCCNC(N)=O)NC(=O)[C@H](Cc1c[nH]c2ccccc12)NC(=O)C1CCCCN1C(=O)[C@H](Cc1ccccc1)N(C)C(=O)CCl. The molecule has 0 radical (unpaired) electrons. The third kappa shape index (κ3) is 10.7. The third-order valence-electron chi connectivity index (χ3n) is 9.21. The molecule has 1 fully saturated rings. The highest BCUT2D eigenvalue weighted by molar-refractivity contribution is 6.27. The fourth-order valence-corrected chi connectivity index (χ4v) is 6.62. The number of aromatic nitrogens is 1. The van der Waals surface area contributed by atoms with Crippen LogP contribution in [0.3, 0.4) is 0 Å². The molecule has 4 rings (SSSR count).